The zero-order chi connectivity index (χ0) is 15.7. The molecule has 0 aliphatic heterocycles. The van der Waals surface area contributed by atoms with Gasteiger partial charge >= 0.3 is 0 Å². The van der Waals surface area contributed by atoms with Crippen molar-refractivity contribution in [1.82, 2.24) is 0 Å². The van der Waals surface area contributed by atoms with Crippen LogP contribution in [-0.4, -0.2) is 17.0 Å². The third-order valence-corrected chi connectivity index (χ3v) is 8.76. The summed E-state index contributed by atoms with van der Waals surface area (Å²) in [6.45, 7) is 7.01. The topological polar surface area (TPSA) is 37.3 Å². The van der Waals surface area contributed by atoms with Gasteiger partial charge in [0.25, 0.3) is 0 Å². The van der Waals surface area contributed by atoms with Crippen molar-refractivity contribution in [3.63, 3.8) is 0 Å². The first-order chi connectivity index (χ1) is 10.4. The molecule has 4 saturated carbocycles. The van der Waals surface area contributed by atoms with Gasteiger partial charge < -0.3 is 5.11 Å². The molecule has 4 aliphatic carbocycles. The van der Waals surface area contributed by atoms with Crippen LogP contribution in [0.3, 0.4) is 0 Å². The van der Waals surface area contributed by atoms with Gasteiger partial charge in [0.1, 0.15) is 5.78 Å². The van der Waals surface area contributed by atoms with Gasteiger partial charge in [-0.3, -0.25) is 4.79 Å². The monoisotopic (exact) mass is 304 g/mol. The first-order valence-corrected chi connectivity index (χ1v) is 9.57. The highest BCUT2D eigenvalue weighted by Gasteiger charge is 2.60. The fourth-order valence-corrected chi connectivity index (χ4v) is 7.38. The molecule has 4 aliphatic rings. The van der Waals surface area contributed by atoms with Crippen molar-refractivity contribution in [3.8, 4) is 0 Å². The number of hydrogen-bond acceptors (Lipinski definition) is 2. The van der Waals surface area contributed by atoms with Crippen molar-refractivity contribution >= 4 is 5.78 Å². The van der Waals surface area contributed by atoms with Crippen LogP contribution >= 0.6 is 0 Å². The first-order valence-electron chi connectivity index (χ1n) is 9.57. The SMILES string of the molecule is C[C@@H]1C[C@@]2(C)[C@@H](CC[C@@H]3[C@@H]2CC[C@]2(C)[C@@H](O)CC[C@@H]32)CC1=O. The Bertz CT molecular complexity index is 486. The standard InChI is InChI=1S/C20H32O2/c1-12-11-20(3)13(10-17(12)21)4-5-14-15-6-7-18(22)19(15,2)9-8-16(14)20/h12-16,18,22H,4-11H2,1-3H3/t12-,13+,14+,15+,16+,18+,19+,20+/m1/s1. The molecule has 0 aromatic rings. The Morgan fingerprint density at radius 3 is 2.50 bits per heavy atom. The largest absolute Gasteiger partial charge is 0.393 e. The number of rotatable bonds is 0. The number of Topliss-reactive ketones (excluding diaryl/α,β-unsaturated/α-hetero) is 1. The highest BCUT2D eigenvalue weighted by atomic mass is 16.3. The second-order valence-corrected chi connectivity index (χ2v) is 9.57. The molecule has 0 bridgehead atoms. The zero-order valence-corrected chi connectivity index (χ0v) is 14.5. The minimum Gasteiger partial charge on any atom is -0.393 e. The third kappa shape index (κ3) is 1.85. The van der Waals surface area contributed by atoms with E-state index in [0.717, 1.165) is 37.0 Å². The Hall–Kier alpha value is -0.370. The van der Waals surface area contributed by atoms with Gasteiger partial charge in [0.05, 0.1) is 6.10 Å². The highest BCUT2D eigenvalue weighted by molar-refractivity contribution is 5.82. The number of ketones is 1. The van der Waals surface area contributed by atoms with Crippen LogP contribution in [0.25, 0.3) is 0 Å². The van der Waals surface area contributed by atoms with Gasteiger partial charge in [0.15, 0.2) is 0 Å². The van der Waals surface area contributed by atoms with E-state index in [2.05, 4.69) is 20.8 Å². The fraction of sp³-hybridized carbons (Fsp3) is 0.950. The number of aliphatic hydroxyl groups excluding tert-OH is 1. The summed E-state index contributed by atoms with van der Waals surface area (Å²) < 4.78 is 0. The van der Waals surface area contributed by atoms with Crippen molar-refractivity contribution in [3.05, 3.63) is 0 Å². The maximum Gasteiger partial charge on any atom is 0.136 e. The van der Waals surface area contributed by atoms with Crippen molar-refractivity contribution in [2.45, 2.75) is 78.2 Å². The maximum absolute atomic E-state index is 12.2. The summed E-state index contributed by atoms with van der Waals surface area (Å²) >= 11 is 0. The van der Waals surface area contributed by atoms with Crippen molar-refractivity contribution in [2.75, 3.05) is 0 Å². The number of carbonyl (C=O) groups is 1. The molecule has 0 radical (unpaired) electrons. The second kappa shape index (κ2) is 4.82. The molecule has 0 spiro atoms. The van der Waals surface area contributed by atoms with E-state index >= 15 is 0 Å². The summed E-state index contributed by atoms with van der Waals surface area (Å²) in [5.74, 6) is 3.74. The molecular weight excluding hydrogens is 272 g/mol. The lowest BCUT2D eigenvalue weighted by Gasteiger charge is -2.60. The summed E-state index contributed by atoms with van der Waals surface area (Å²) in [4.78, 5) is 12.2. The summed E-state index contributed by atoms with van der Waals surface area (Å²) in [6.07, 6.45) is 9.16. The molecule has 8 atom stereocenters. The number of aliphatic hydroxyl groups is 1. The first kappa shape index (κ1) is 15.2. The van der Waals surface area contributed by atoms with Gasteiger partial charge in [-0.15, -0.1) is 0 Å². The number of carbonyl (C=O) groups excluding carboxylic acids is 1. The second-order valence-electron chi connectivity index (χ2n) is 9.57. The number of fused-ring (bicyclic) bond motifs is 5. The van der Waals surface area contributed by atoms with Gasteiger partial charge in [0, 0.05) is 12.3 Å². The van der Waals surface area contributed by atoms with Crippen LogP contribution in [-0.2, 0) is 4.79 Å². The average Bonchev–Trinajstić information content (AvgIpc) is 2.77. The Kier molecular flexibility index (Phi) is 3.32. The molecule has 0 aromatic heterocycles. The van der Waals surface area contributed by atoms with E-state index < -0.39 is 0 Å². The smallest absolute Gasteiger partial charge is 0.136 e. The Morgan fingerprint density at radius 1 is 1.00 bits per heavy atom. The van der Waals surface area contributed by atoms with Crippen LogP contribution in [0.1, 0.15) is 72.1 Å². The van der Waals surface area contributed by atoms with E-state index in [9.17, 15) is 9.90 Å². The molecule has 0 heterocycles. The minimum absolute atomic E-state index is 0.0733. The van der Waals surface area contributed by atoms with E-state index in [4.69, 9.17) is 0 Å². The molecule has 2 heteroatoms. The molecule has 0 unspecified atom stereocenters. The molecule has 4 rings (SSSR count). The normalized spacial score (nSPS) is 57.9. The molecule has 0 aromatic carbocycles. The lowest BCUT2D eigenvalue weighted by atomic mass is 9.44. The van der Waals surface area contributed by atoms with Gasteiger partial charge in [-0.25, -0.2) is 0 Å². The Balaban J connectivity index is 1.65. The molecule has 22 heavy (non-hydrogen) atoms. The van der Waals surface area contributed by atoms with Crippen LogP contribution in [0.15, 0.2) is 0 Å². The molecule has 124 valence electrons. The number of hydrogen-bond donors (Lipinski definition) is 1. The van der Waals surface area contributed by atoms with Gasteiger partial charge in [-0.1, -0.05) is 20.8 Å². The van der Waals surface area contributed by atoms with Gasteiger partial charge in [0.2, 0.25) is 0 Å². The minimum atomic E-state index is -0.0733. The van der Waals surface area contributed by atoms with Gasteiger partial charge in [-0.2, -0.15) is 0 Å². The Labute approximate surface area is 135 Å². The summed E-state index contributed by atoms with van der Waals surface area (Å²) in [7, 11) is 0. The molecule has 0 saturated heterocycles. The van der Waals surface area contributed by atoms with Crippen LogP contribution in [0, 0.1) is 40.4 Å². The molecule has 0 amide bonds. The van der Waals surface area contributed by atoms with Crippen LogP contribution < -0.4 is 0 Å². The Morgan fingerprint density at radius 2 is 1.73 bits per heavy atom. The van der Waals surface area contributed by atoms with Crippen LogP contribution in [0.2, 0.25) is 0 Å². The van der Waals surface area contributed by atoms with Crippen molar-refractivity contribution < 1.29 is 9.90 Å². The molecule has 4 fully saturated rings. The highest BCUT2D eigenvalue weighted by Crippen LogP contribution is 2.66. The predicted molar refractivity (Wildman–Crippen MR) is 87.3 cm³/mol. The van der Waals surface area contributed by atoms with E-state index in [1.165, 1.54) is 32.1 Å². The molecule has 1 N–H and O–H groups in total. The van der Waals surface area contributed by atoms with Crippen LogP contribution in [0.5, 0.6) is 0 Å². The van der Waals surface area contributed by atoms with E-state index in [-0.39, 0.29) is 17.4 Å². The summed E-state index contributed by atoms with van der Waals surface area (Å²) in [5.41, 5.74) is 0.561. The molecule has 2 nitrogen and oxygen atoms in total. The lowest BCUT2D eigenvalue weighted by molar-refractivity contribution is -0.148. The predicted octanol–water partition coefficient (Wildman–Crippen LogP) is 4.21. The molecular formula is C20H32O2. The summed E-state index contributed by atoms with van der Waals surface area (Å²) in [5, 5.41) is 10.5. The van der Waals surface area contributed by atoms with Gasteiger partial charge in [-0.05, 0) is 79.4 Å². The lowest BCUT2D eigenvalue weighted by Crippen LogP contribution is -2.55. The van der Waals surface area contributed by atoms with Crippen molar-refractivity contribution in [1.29, 1.82) is 0 Å². The third-order valence-electron chi connectivity index (χ3n) is 8.76. The zero-order valence-electron chi connectivity index (χ0n) is 14.5. The van der Waals surface area contributed by atoms with E-state index in [0.29, 0.717) is 17.1 Å². The maximum atomic E-state index is 12.2. The quantitative estimate of drug-likeness (QED) is 0.728. The van der Waals surface area contributed by atoms with E-state index in [1.54, 1.807) is 0 Å². The average molecular weight is 304 g/mol. The fourth-order valence-electron chi connectivity index (χ4n) is 7.38. The van der Waals surface area contributed by atoms with Crippen LogP contribution in [0.4, 0.5) is 0 Å². The van der Waals surface area contributed by atoms with Crippen molar-refractivity contribution in [2.24, 2.45) is 40.4 Å². The van der Waals surface area contributed by atoms with E-state index in [1.807, 2.05) is 0 Å². The summed E-state index contributed by atoms with van der Waals surface area (Å²) in [6, 6.07) is 0.